The van der Waals surface area contributed by atoms with Gasteiger partial charge in [0.2, 0.25) is 11.8 Å². The number of hydrogen-bond donors (Lipinski definition) is 1. The summed E-state index contributed by atoms with van der Waals surface area (Å²) in [4.78, 5) is 49.7. The molecule has 5 rings (SSSR count). The largest absolute Gasteiger partial charge is 0.378 e. The Kier molecular flexibility index (Phi) is 7.12. The monoisotopic (exact) mass is 482 g/mol. The molecule has 0 aromatic heterocycles. The van der Waals surface area contributed by atoms with Gasteiger partial charge in [-0.25, -0.2) is 0 Å². The first-order valence-corrected chi connectivity index (χ1v) is 13.3. The van der Waals surface area contributed by atoms with E-state index in [1.54, 1.807) is 5.06 Å². The fourth-order valence-electron chi connectivity index (χ4n) is 6.33. The molecule has 2 aliphatic carbocycles. The first-order chi connectivity index (χ1) is 16.9. The minimum Gasteiger partial charge on any atom is -0.378 e. The Morgan fingerprint density at radius 3 is 2.20 bits per heavy atom. The molecule has 0 bridgehead atoms. The number of likely N-dealkylation sites (tertiary alicyclic amines) is 1. The predicted molar refractivity (Wildman–Crippen MR) is 132 cm³/mol. The molecule has 4 fully saturated rings. The predicted octanol–water partition coefficient (Wildman–Crippen LogP) is 3.18. The average Bonchev–Trinajstić information content (AvgIpc) is 3.34. The highest BCUT2D eigenvalue weighted by atomic mass is 16.7. The maximum Gasteiger partial charge on any atom is 0.261 e. The van der Waals surface area contributed by atoms with E-state index in [1.807, 2.05) is 43.3 Å². The number of carbonyl (C=O) groups is 3. The highest BCUT2D eigenvalue weighted by molar-refractivity contribution is 6.07. The van der Waals surface area contributed by atoms with Crippen LogP contribution < -0.4 is 10.2 Å². The topological polar surface area (TPSA) is 82.2 Å². The van der Waals surface area contributed by atoms with Crippen LogP contribution in [-0.2, 0) is 19.2 Å². The lowest BCUT2D eigenvalue weighted by Gasteiger charge is -2.32. The quantitative estimate of drug-likeness (QED) is 0.628. The fraction of sp³-hybridized carbons (Fsp3) is 0.667. The highest BCUT2D eigenvalue weighted by Gasteiger charge is 2.60. The van der Waals surface area contributed by atoms with Gasteiger partial charge in [0.1, 0.15) is 6.54 Å². The molecule has 3 unspecified atom stereocenters. The van der Waals surface area contributed by atoms with Crippen LogP contribution in [0.25, 0.3) is 0 Å². The Labute approximate surface area is 207 Å². The van der Waals surface area contributed by atoms with Gasteiger partial charge in [-0.3, -0.25) is 24.1 Å². The summed E-state index contributed by atoms with van der Waals surface area (Å²) < 4.78 is 0. The van der Waals surface area contributed by atoms with Crippen molar-refractivity contribution < 1.29 is 19.2 Å². The fourth-order valence-corrected chi connectivity index (χ4v) is 6.33. The number of carbonyl (C=O) groups excluding carboxylic acids is 3. The van der Waals surface area contributed by atoms with E-state index in [9.17, 15) is 14.4 Å². The van der Waals surface area contributed by atoms with Crippen molar-refractivity contribution in [2.45, 2.75) is 88.4 Å². The Bertz CT molecular complexity index is 937. The van der Waals surface area contributed by atoms with Crippen LogP contribution in [0.1, 0.15) is 75.8 Å². The van der Waals surface area contributed by atoms with Gasteiger partial charge < -0.3 is 10.2 Å². The van der Waals surface area contributed by atoms with E-state index in [4.69, 9.17) is 4.84 Å². The van der Waals surface area contributed by atoms with Crippen molar-refractivity contribution in [1.29, 1.82) is 0 Å². The molecule has 3 atom stereocenters. The van der Waals surface area contributed by atoms with Crippen LogP contribution in [0.15, 0.2) is 24.3 Å². The minimum absolute atomic E-state index is 0.00753. The molecule has 3 amide bonds. The van der Waals surface area contributed by atoms with Gasteiger partial charge in [-0.15, -0.1) is 0 Å². The Morgan fingerprint density at radius 2 is 1.57 bits per heavy atom. The summed E-state index contributed by atoms with van der Waals surface area (Å²) in [6.45, 7) is 0.00753. The molecule has 0 radical (unpaired) electrons. The van der Waals surface area contributed by atoms with Crippen LogP contribution in [-0.4, -0.2) is 66.5 Å². The summed E-state index contributed by atoms with van der Waals surface area (Å²) in [5, 5.41) is 4.73. The van der Waals surface area contributed by atoms with E-state index in [-0.39, 0.29) is 36.3 Å². The molecule has 190 valence electrons. The highest BCUT2D eigenvalue weighted by Crippen LogP contribution is 2.46. The van der Waals surface area contributed by atoms with Gasteiger partial charge in [-0.05, 0) is 43.4 Å². The number of hydrogen-bond acceptors (Lipinski definition) is 6. The number of imide groups is 1. The third-order valence-corrected chi connectivity index (χ3v) is 8.19. The lowest BCUT2D eigenvalue weighted by atomic mass is 9.90. The first kappa shape index (κ1) is 24.3. The number of fused-ring (bicyclic) bond motifs is 1. The second kappa shape index (κ2) is 10.3. The Balaban J connectivity index is 1.39. The van der Waals surface area contributed by atoms with Crippen molar-refractivity contribution in [3.05, 3.63) is 29.8 Å². The molecule has 35 heavy (non-hydrogen) atoms. The van der Waals surface area contributed by atoms with E-state index in [1.165, 1.54) is 11.3 Å². The van der Waals surface area contributed by atoms with Crippen molar-refractivity contribution in [3.63, 3.8) is 0 Å². The normalized spacial score (nSPS) is 28.4. The van der Waals surface area contributed by atoms with Crippen LogP contribution in [0, 0.1) is 5.92 Å². The molecule has 8 nitrogen and oxygen atoms in total. The Morgan fingerprint density at radius 1 is 0.943 bits per heavy atom. The molecule has 1 N–H and O–H groups in total. The van der Waals surface area contributed by atoms with Gasteiger partial charge in [0.15, 0.2) is 6.10 Å². The van der Waals surface area contributed by atoms with Crippen molar-refractivity contribution >= 4 is 23.4 Å². The van der Waals surface area contributed by atoms with Gasteiger partial charge in [0.25, 0.3) is 5.91 Å². The average molecular weight is 483 g/mol. The third kappa shape index (κ3) is 4.83. The molecule has 2 aliphatic heterocycles. The van der Waals surface area contributed by atoms with Gasteiger partial charge in [0.05, 0.1) is 12.0 Å². The van der Waals surface area contributed by atoms with Crippen LogP contribution in [0.5, 0.6) is 0 Å². The lowest BCUT2D eigenvalue weighted by molar-refractivity contribution is -0.184. The number of nitrogens with one attached hydrogen (secondary N) is 1. The molecule has 2 heterocycles. The van der Waals surface area contributed by atoms with Crippen molar-refractivity contribution in [2.24, 2.45) is 5.92 Å². The zero-order valence-electron chi connectivity index (χ0n) is 20.9. The number of rotatable bonds is 6. The minimum atomic E-state index is -0.856. The summed E-state index contributed by atoms with van der Waals surface area (Å²) in [5.74, 6) is -1.13. The van der Waals surface area contributed by atoms with Crippen molar-refractivity contribution in [1.82, 2.24) is 15.3 Å². The summed E-state index contributed by atoms with van der Waals surface area (Å²) in [5.41, 5.74) is 1.93. The maximum atomic E-state index is 13.7. The molecular formula is C27H38N4O4. The van der Waals surface area contributed by atoms with E-state index in [0.29, 0.717) is 0 Å². The zero-order valence-corrected chi connectivity index (χ0v) is 20.9. The number of amides is 3. The Hall–Kier alpha value is -2.45. The van der Waals surface area contributed by atoms with Crippen LogP contribution in [0.2, 0.25) is 0 Å². The lowest BCUT2D eigenvalue weighted by Crippen LogP contribution is -2.46. The SMILES string of the molecule is CN(C)c1ccc(C2C3C(=O)N(C4CCCCC4)C(=O)C3ON2CC(=O)NC2CCCCC2)cc1. The number of hydroxylamine groups is 2. The molecule has 1 aromatic carbocycles. The number of nitrogens with zero attached hydrogens (tertiary/aromatic N) is 3. The van der Waals surface area contributed by atoms with E-state index >= 15 is 0 Å². The molecule has 0 spiro atoms. The van der Waals surface area contributed by atoms with Crippen LogP contribution >= 0.6 is 0 Å². The second-order valence-electron chi connectivity index (χ2n) is 10.8. The maximum absolute atomic E-state index is 13.7. The second-order valence-corrected chi connectivity index (χ2v) is 10.8. The molecule has 1 aromatic rings. The van der Waals surface area contributed by atoms with Gasteiger partial charge in [-0.2, -0.15) is 5.06 Å². The van der Waals surface area contributed by atoms with E-state index in [2.05, 4.69) is 5.32 Å². The first-order valence-electron chi connectivity index (χ1n) is 13.3. The van der Waals surface area contributed by atoms with Gasteiger partial charge >= 0.3 is 0 Å². The van der Waals surface area contributed by atoms with E-state index < -0.39 is 18.1 Å². The molecule has 2 saturated carbocycles. The third-order valence-electron chi connectivity index (χ3n) is 8.19. The molecule has 2 saturated heterocycles. The number of anilines is 1. The standard InChI is InChI=1S/C27H38N4O4/c1-29(2)20-15-13-18(14-16-20)24-23-25(27(34)31(26(23)33)21-11-7-4-8-12-21)35-30(24)17-22(32)28-19-9-5-3-6-10-19/h13-16,19,21,23-25H,3-12,17H2,1-2H3,(H,28,32). The smallest absolute Gasteiger partial charge is 0.261 e. The summed E-state index contributed by atoms with van der Waals surface area (Å²) >= 11 is 0. The van der Waals surface area contributed by atoms with E-state index in [0.717, 1.165) is 69.0 Å². The van der Waals surface area contributed by atoms with Gasteiger partial charge in [0, 0.05) is 31.9 Å². The summed E-state index contributed by atoms with van der Waals surface area (Å²) in [6, 6.07) is 7.67. The molecular weight excluding hydrogens is 444 g/mol. The summed E-state index contributed by atoms with van der Waals surface area (Å²) in [7, 11) is 3.96. The van der Waals surface area contributed by atoms with Gasteiger partial charge in [-0.1, -0.05) is 50.7 Å². The van der Waals surface area contributed by atoms with Crippen molar-refractivity contribution in [3.8, 4) is 0 Å². The number of benzene rings is 1. The summed E-state index contributed by atoms with van der Waals surface area (Å²) in [6.07, 6.45) is 9.61. The van der Waals surface area contributed by atoms with Crippen LogP contribution in [0.4, 0.5) is 5.69 Å². The van der Waals surface area contributed by atoms with Crippen molar-refractivity contribution in [2.75, 3.05) is 25.5 Å². The van der Waals surface area contributed by atoms with Crippen LogP contribution in [0.3, 0.4) is 0 Å². The molecule has 4 aliphatic rings. The molecule has 8 heteroatoms. The zero-order chi connectivity index (χ0) is 24.5.